The molecule has 0 atom stereocenters. The Balaban J connectivity index is 2.30. The number of carbonyl (C=O) groups excluding carboxylic acids is 2. The van der Waals surface area contributed by atoms with E-state index in [0.717, 1.165) is 77.4 Å². The number of hydrogen-bond donors (Lipinski definition) is 1. The Morgan fingerprint density at radius 3 is 1.86 bits per heavy atom. The smallest absolute Gasteiger partial charge is 0.327 e. The van der Waals surface area contributed by atoms with E-state index in [4.69, 9.17) is 4.74 Å². The molecule has 1 saturated heterocycles. The summed E-state index contributed by atoms with van der Waals surface area (Å²) in [6.07, 6.45) is 9.52. The highest BCUT2D eigenvalue weighted by molar-refractivity contribution is 6.02. The monoisotopic (exact) mass is 412 g/mol. The van der Waals surface area contributed by atoms with Gasteiger partial charge in [0.1, 0.15) is 6.54 Å². The van der Waals surface area contributed by atoms with E-state index in [1.54, 1.807) is 7.05 Å². The normalized spacial score (nSPS) is 15.7. The lowest BCUT2D eigenvalue weighted by Crippen LogP contribution is -2.51. The summed E-state index contributed by atoms with van der Waals surface area (Å²) in [5.74, 6) is -0.0736. The number of likely N-dealkylation sites (N-methyl/N-ethyl adjacent to an activating group) is 1. The molecule has 0 aromatic rings. The van der Waals surface area contributed by atoms with Crippen LogP contribution in [-0.2, 0) is 9.53 Å². The van der Waals surface area contributed by atoms with E-state index < -0.39 is 0 Å². The molecule has 0 spiro atoms. The predicted molar refractivity (Wildman–Crippen MR) is 117 cm³/mol. The summed E-state index contributed by atoms with van der Waals surface area (Å²) in [5.41, 5.74) is -0.283. The standard InChI is InChI=1S/C23H44N2O4/c1-6-22(7-2,19-26)14-10-12-16-29-17-13-11-15-23(8-3,9-4)25-20(27)18-24(5)21(25)28/h26H,6-19H2,1-5H3. The van der Waals surface area contributed by atoms with Crippen molar-refractivity contribution >= 4 is 11.9 Å². The maximum atomic E-state index is 12.4. The molecule has 6 heteroatoms. The Morgan fingerprint density at radius 2 is 1.45 bits per heavy atom. The minimum Gasteiger partial charge on any atom is -0.396 e. The van der Waals surface area contributed by atoms with E-state index in [-0.39, 0.29) is 36.0 Å². The van der Waals surface area contributed by atoms with Crippen LogP contribution in [0.15, 0.2) is 0 Å². The Labute approximate surface area is 178 Å². The number of amides is 3. The molecule has 3 amide bonds. The van der Waals surface area contributed by atoms with Crippen molar-refractivity contribution in [1.82, 2.24) is 9.80 Å². The second-order valence-electron chi connectivity index (χ2n) is 8.69. The van der Waals surface area contributed by atoms with Crippen molar-refractivity contribution in [3.05, 3.63) is 0 Å². The van der Waals surface area contributed by atoms with Crippen molar-refractivity contribution in [2.24, 2.45) is 5.41 Å². The first-order chi connectivity index (χ1) is 13.8. The lowest BCUT2D eigenvalue weighted by atomic mass is 9.79. The number of nitrogens with zero attached hydrogens (tertiary/aromatic N) is 2. The molecule has 1 heterocycles. The van der Waals surface area contributed by atoms with Crippen LogP contribution in [0.25, 0.3) is 0 Å². The number of aliphatic hydroxyl groups excluding tert-OH is 1. The van der Waals surface area contributed by atoms with Crippen LogP contribution in [0.1, 0.15) is 91.9 Å². The molecule has 1 aliphatic heterocycles. The Bertz CT molecular complexity index is 493. The minimum atomic E-state index is -0.368. The topological polar surface area (TPSA) is 70.1 Å². The average Bonchev–Trinajstić information content (AvgIpc) is 3.00. The van der Waals surface area contributed by atoms with Gasteiger partial charge in [0.15, 0.2) is 0 Å². The van der Waals surface area contributed by atoms with Gasteiger partial charge in [0, 0.05) is 26.9 Å². The number of rotatable bonds is 16. The molecule has 29 heavy (non-hydrogen) atoms. The third-order valence-corrected chi connectivity index (χ3v) is 7.19. The van der Waals surface area contributed by atoms with Crippen LogP contribution in [-0.4, -0.2) is 65.8 Å². The van der Waals surface area contributed by atoms with Gasteiger partial charge in [-0.15, -0.1) is 0 Å². The van der Waals surface area contributed by atoms with Gasteiger partial charge in [0.05, 0.1) is 5.54 Å². The van der Waals surface area contributed by atoms with Gasteiger partial charge >= 0.3 is 6.03 Å². The lowest BCUT2D eigenvalue weighted by Gasteiger charge is -2.39. The molecule has 1 N–H and O–H groups in total. The molecule has 0 radical (unpaired) electrons. The summed E-state index contributed by atoms with van der Waals surface area (Å²) in [6, 6.07) is -0.159. The number of urea groups is 1. The molecule has 0 aromatic carbocycles. The molecule has 0 aliphatic carbocycles. The Morgan fingerprint density at radius 1 is 0.897 bits per heavy atom. The second-order valence-corrected chi connectivity index (χ2v) is 8.69. The van der Waals surface area contributed by atoms with Crippen molar-refractivity contribution in [2.75, 3.05) is 33.4 Å². The summed E-state index contributed by atoms with van der Waals surface area (Å²) in [7, 11) is 1.69. The molecule has 0 saturated carbocycles. The van der Waals surface area contributed by atoms with Crippen molar-refractivity contribution in [1.29, 1.82) is 0 Å². The van der Waals surface area contributed by atoms with Gasteiger partial charge in [-0.3, -0.25) is 9.69 Å². The molecular weight excluding hydrogens is 368 g/mol. The molecule has 1 rings (SSSR count). The second kappa shape index (κ2) is 12.5. The highest BCUT2D eigenvalue weighted by Gasteiger charge is 2.46. The summed E-state index contributed by atoms with van der Waals surface area (Å²) >= 11 is 0. The highest BCUT2D eigenvalue weighted by Crippen LogP contribution is 2.34. The van der Waals surface area contributed by atoms with Gasteiger partial charge < -0.3 is 14.7 Å². The zero-order valence-corrected chi connectivity index (χ0v) is 19.5. The van der Waals surface area contributed by atoms with Crippen LogP contribution in [0.2, 0.25) is 0 Å². The first-order valence-corrected chi connectivity index (χ1v) is 11.6. The third-order valence-electron chi connectivity index (χ3n) is 7.19. The van der Waals surface area contributed by atoms with Crippen molar-refractivity contribution in [3.8, 4) is 0 Å². The number of hydrogen-bond acceptors (Lipinski definition) is 4. The molecule has 1 aliphatic rings. The number of imide groups is 1. The first kappa shape index (κ1) is 25.9. The van der Waals surface area contributed by atoms with E-state index in [1.165, 1.54) is 9.80 Å². The van der Waals surface area contributed by atoms with Crippen LogP contribution in [0, 0.1) is 5.41 Å². The lowest BCUT2D eigenvalue weighted by molar-refractivity contribution is -0.130. The fraction of sp³-hybridized carbons (Fsp3) is 0.913. The number of unbranched alkanes of at least 4 members (excludes halogenated alkanes) is 2. The van der Waals surface area contributed by atoms with E-state index in [9.17, 15) is 14.7 Å². The maximum absolute atomic E-state index is 12.4. The van der Waals surface area contributed by atoms with Crippen LogP contribution in [0.4, 0.5) is 4.79 Å². The van der Waals surface area contributed by atoms with Gasteiger partial charge in [-0.2, -0.15) is 0 Å². The minimum absolute atomic E-state index is 0.0736. The summed E-state index contributed by atoms with van der Waals surface area (Å²) < 4.78 is 5.80. The average molecular weight is 413 g/mol. The van der Waals surface area contributed by atoms with Crippen LogP contribution >= 0.6 is 0 Å². The number of ether oxygens (including phenoxy) is 1. The van der Waals surface area contributed by atoms with Gasteiger partial charge in [-0.25, -0.2) is 4.79 Å². The Hall–Kier alpha value is -1.14. The first-order valence-electron chi connectivity index (χ1n) is 11.6. The van der Waals surface area contributed by atoms with Gasteiger partial charge in [-0.05, 0) is 63.2 Å². The molecular formula is C23H44N2O4. The van der Waals surface area contributed by atoms with Crippen molar-refractivity contribution in [3.63, 3.8) is 0 Å². The van der Waals surface area contributed by atoms with Crippen LogP contribution in [0.3, 0.4) is 0 Å². The quantitative estimate of drug-likeness (QED) is 0.297. The van der Waals surface area contributed by atoms with Gasteiger partial charge in [0.25, 0.3) is 5.91 Å². The van der Waals surface area contributed by atoms with Crippen LogP contribution < -0.4 is 0 Å². The summed E-state index contributed by atoms with van der Waals surface area (Å²) in [4.78, 5) is 27.8. The summed E-state index contributed by atoms with van der Waals surface area (Å²) in [5, 5.41) is 9.63. The fourth-order valence-corrected chi connectivity index (χ4v) is 4.49. The van der Waals surface area contributed by atoms with E-state index in [1.807, 2.05) is 0 Å². The molecule has 0 bridgehead atoms. The molecule has 6 nitrogen and oxygen atoms in total. The van der Waals surface area contributed by atoms with E-state index in [2.05, 4.69) is 27.7 Å². The molecule has 1 fully saturated rings. The fourth-order valence-electron chi connectivity index (χ4n) is 4.49. The molecule has 0 aromatic heterocycles. The number of aliphatic hydroxyl groups is 1. The maximum Gasteiger partial charge on any atom is 0.327 e. The molecule has 170 valence electrons. The SMILES string of the molecule is CCC(CC)(CO)CCCCOCCCCC(CC)(CC)N1C(=O)CN(C)C1=O. The van der Waals surface area contributed by atoms with Crippen LogP contribution in [0.5, 0.6) is 0 Å². The van der Waals surface area contributed by atoms with Gasteiger partial charge in [-0.1, -0.05) is 34.1 Å². The molecule has 0 unspecified atom stereocenters. The largest absolute Gasteiger partial charge is 0.396 e. The zero-order valence-electron chi connectivity index (χ0n) is 19.5. The predicted octanol–water partition coefficient (Wildman–Crippen LogP) is 4.60. The number of carbonyl (C=O) groups is 2. The van der Waals surface area contributed by atoms with Crippen molar-refractivity contribution in [2.45, 2.75) is 97.4 Å². The van der Waals surface area contributed by atoms with Gasteiger partial charge in [0.2, 0.25) is 0 Å². The van der Waals surface area contributed by atoms with Crippen molar-refractivity contribution < 1.29 is 19.4 Å². The van der Waals surface area contributed by atoms with E-state index >= 15 is 0 Å². The van der Waals surface area contributed by atoms with E-state index in [0.29, 0.717) is 0 Å². The highest BCUT2D eigenvalue weighted by atomic mass is 16.5. The Kier molecular flexibility index (Phi) is 11.2. The summed E-state index contributed by atoms with van der Waals surface area (Å²) in [6.45, 7) is 10.4. The third kappa shape index (κ3) is 6.68. The zero-order chi connectivity index (χ0) is 21.9.